The summed E-state index contributed by atoms with van der Waals surface area (Å²) in [5, 5.41) is 13.3. The van der Waals surface area contributed by atoms with Gasteiger partial charge in [0.05, 0.1) is 4.92 Å². The second-order valence-corrected chi connectivity index (χ2v) is 4.32. The van der Waals surface area contributed by atoms with Gasteiger partial charge < -0.3 is 10.2 Å². The summed E-state index contributed by atoms with van der Waals surface area (Å²) in [5.41, 5.74) is -0.583. The van der Waals surface area contributed by atoms with E-state index >= 15 is 0 Å². The number of pyridine rings is 1. The zero-order valence-corrected chi connectivity index (χ0v) is 11.7. The lowest BCUT2D eigenvalue weighted by atomic mass is 10.2. The van der Waals surface area contributed by atoms with Gasteiger partial charge in [0.25, 0.3) is 11.6 Å². The van der Waals surface area contributed by atoms with Crippen molar-refractivity contribution in [3.8, 4) is 0 Å². The molecule has 0 bridgehead atoms. The Balaban J connectivity index is 2.93. The van der Waals surface area contributed by atoms with Gasteiger partial charge in [-0.25, -0.2) is 4.98 Å². The number of aromatic nitrogens is 1. The molecule has 0 aromatic carbocycles. The molecule has 1 aromatic rings. The summed E-state index contributed by atoms with van der Waals surface area (Å²) in [7, 11) is 2.93. The van der Waals surface area contributed by atoms with Crippen LogP contribution in [0.2, 0.25) is 5.15 Å². The van der Waals surface area contributed by atoms with Gasteiger partial charge in [-0.15, -0.1) is 0 Å². The van der Waals surface area contributed by atoms with Crippen LogP contribution in [-0.4, -0.2) is 47.3 Å². The summed E-state index contributed by atoms with van der Waals surface area (Å²) in [6.07, 6.45) is 1.04. The van der Waals surface area contributed by atoms with Crippen LogP contribution in [0.5, 0.6) is 0 Å². The van der Waals surface area contributed by atoms with Crippen LogP contribution in [0, 0.1) is 10.1 Å². The first kappa shape index (κ1) is 15.8. The minimum atomic E-state index is -0.705. The van der Waals surface area contributed by atoms with E-state index in [-0.39, 0.29) is 29.6 Å². The van der Waals surface area contributed by atoms with Crippen molar-refractivity contribution in [3.63, 3.8) is 0 Å². The Hall–Kier alpha value is -2.22. The fraction of sp³-hybridized carbons (Fsp3) is 0.364. The van der Waals surface area contributed by atoms with E-state index in [1.807, 2.05) is 0 Å². The lowest BCUT2D eigenvalue weighted by Gasteiger charge is -2.16. The number of rotatable bonds is 5. The van der Waals surface area contributed by atoms with Gasteiger partial charge in [0, 0.05) is 27.1 Å². The predicted octanol–water partition coefficient (Wildman–Crippen LogP) is 0.851. The van der Waals surface area contributed by atoms with Crippen LogP contribution in [0.4, 0.5) is 5.69 Å². The molecule has 0 fully saturated rings. The van der Waals surface area contributed by atoms with Crippen LogP contribution in [0.3, 0.4) is 0 Å². The van der Waals surface area contributed by atoms with Crippen molar-refractivity contribution in [1.82, 2.24) is 15.2 Å². The van der Waals surface area contributed by atoms with E-state index in [1.54, 1.807) is 0 Å². The second kappa shape index (κ2) is 6.80. The van der Waals surface area contributed by atoms with E-state index in [4.69, 9.17) is 11.6 Å². The molecule has 0 aliphatic rings. The van der Waals surface area contributed by atoms with Crippen LogP contribution in [0.25, 0.3) is 0 Å². The monoisotopic (exact) mass is 300 g/mol. The van der Waals surface area contributed by atoms with Crippen LogP contribution in [0.1, 0.15) is 16.8 Å². The van der Waals surface area contributed by atoms with Gasteiger partial charge in [-0.2, -0.15) is 0 Å². The smallest absolute Gasteiger partial charge is 0.300 e. The average Bonchev–Trinajstić information content (AvgIpc) is 2.42. The highest BCUT2D eigenvalue weighted by atomic mass is 35.5. The van der Waals surface area contributed by atoms with Gasteiger partial charge in [0.1, 0.15) is 16.9 Å². The molecule has 0 saturated heterocycles. The molecule has 1 aromatic heterocycles. The lowest BCUT2D eigenvalue weighted by molar-refractivity contribution is -0.385. The summed E-state index contributed by atoms with van der Waals surface area (Å²) in [5.74, 6) is -0.822. The molecule has 108 valence electrons. The molecular formula is C11H13ClN4O4. The van der Waals surface area contributed by atoms with Gasteiger partial charge in [-0.3, -0.25) is 19.7 Å². The summed E-state index contributed by atoms with van der Waals surface area (Å²) in [6, 6.07) is 1.14. The molecule has 1 rings (SSSR count). The largest absolute Gasteiger partial charge is 0.359 e. The highest BCUT2D eigenvalue weighted by molar-refractivity contribution is 6.29. The Labute approximate surface area is 119 Å². The Morgan fingerprint density at radius 1 is 1.55 bits per heavy atom. The molecular weight excluding hydrogens is 288 g/mol. The SMILES string of the molecule is CNC(=O)CCN(C)C(=O)c1cc(Cl)ncc1[N+](=O)[O-]. The third-order valence-electron chi connectivity index (χ3n) is 2.58. The second-order valence-electron chi connectivity index (χ2n) is 3.93. The summed E-state index contributed by atoms with van der Waals surface area (Å²) >= 11 is 5.65. The first-order valence-corrected chi connectivity index (χ1v) is 6.00. The van der Waals surface area contributed by atoms with E-state index in [0.717, 1.165) is 12.3 Å². The number of hydrogen-bond acceptors (Lipinski definition) is 5. The van der Waals surface area contributed by atoms with Crippen molar-refractivity contribution in [2.24, 2.45) is 0 Å². The average molecular weight is 301 g/mol. The predicted molar refractivity (Wildman–Crippen MR) is 71.5 cm³/mol. The summed E-state index contributed by atoms with van der Waals surface area (Å²) < 4.78 is 0. The number of carbonyl (C=O) groups excluding carboxylic acids is 2. The van der Waals surface area contributed by atoms with Crippen molar-refractivity contribution >= 4 is 29.1 Å². The van der Waals surface area contributed by atoms with E-state index < -0.39 is 16.5 Å². The normalized spacial score (nSPS) is 9.95. The molecule has 0 atom stereocenters. The quantitative estimate of drug-likeness (QED) is 0.493. The van der Waals surface area contributed by atoms with E-state index in [1.165, 1.54) is 19.0 Å². The molecule has 8 nitrogen and oxygen atoms in total. The Morgan fingerprint density at radius 2 is 2.20 bits per heavy atom. The molecule has 1 N–H and O–H groups in total. The third-order valence-corrected chi connectivity index (χ3v) is 2.78. The molecule has 20 heavy (non-hydrogen) atoms. The maximum absolute atomic E-state index is 12.1. The molecule has 1 heterocycles. The molecule has 0 spiro atoms. The first-order valence-electron chi connectivity index (χ1n) is 5.62. The number of nitro groups is 1. The van der Waals surface area contributed by atoms with Crippen molar-refractivity contribution in [2.45, 2.75) is 6.42 Å². The topological polar surface area (TPSA) is 105 Å². The zero-order chi connectivity index (χ0) is 15.3. The first-order chi connectivity index (χ1) is 9.36. The molecule has 0 aliphatic carbocycles. The van der Waals surface area contributed by atoms with E-state index in [9.17, 15) is 19.7 Å². The lowest BCUT2D eigenvalue weighted by Crippen LogP contribution is -2.31. The Kier molecular flexibility index (Phi) is 5.39. The fourth-order valence-corrected chi connectivity index (χ4v) is 1.60. The molecule has 9 heteroatoms. The summed E-state index contributed by atoms with van der Waals surface area (Å²) in [4.78, 5) is 38.2. The van der Waals surface area contributed by atoms with Crippen LogP contribution < -0.4 is 5.32 Å². The standard InChI is InChI=1S/C11H13ClN4O4/c1-13-10(17)3-4-15(2)11(18)7-5-9(12)14-6-8(7)16(19)20/h5-6H,3-4H2,1-2H3,(H,13,17). The minimum Gasteiger partial charge on any atom is -0.359 e. The van der Waals surface area contributed by atoms with Gasteiger partial charge in [0.15, 0.2) is 0 Å². The number of nitrogens with one attached hydrogen (secondary N) is 1. The molecule has 0 saturated carbocycles. The number of halogens is 1. The highest BCUT2D eigenvalue weighted by Gasteiger charge is 2.24. The van der Waals surface area contributed by atoms with Crippen LogP contribution >= 0.6 is 11.6 Å². The Bertz CT molecular complexity index is 549. The van der Waals surface area contributed by atoms with E-state index in [0.29, 0.717) is 0 Å². The third kappa shape index (κ3) is 3.89. The Morgan fingerprint density at radius 3 is 2.75 bits per heavy atom. The maximum atomic E-state index is 12.1. The van der Waals surface area contributed by atoms with E-state index in [2.05, 4.69) is 10.3 Å². The zero-order valence-electron chi connectivity index (χ0n) is 10.9. The number of hydrogen-bond donors (Lipinski definition) is 1. The fourth-order valence-electron chi connectivity index (χ4n) is 1.44. The molecule has 0 radical (unpaired) electrons. The molecule has 0 unspecified atom stereocenters. The number of carbonyl (C=O) groups is 2. The van der Waals surface area contributed by atoms with Crippen LogP contribution in [0.15, 0.2) is 12.3 Å². The van der Waals surface area contributed by atoms with Crippen molar-refractivity contribution in [1.29, 1.82) is 0 Å². The van der Waals surface area contributed by atoms with Gasteiger partial charge in [0.2, 0.25) is 5.91 Å². The maximum Gasteiger partial charge on any atom is 0.300 e. The van der Waals surface area contributed by atoms with Crippen molar-refractivity contribution in [3.05, 3.63) is 33.1 Å². The van der Waals surface area contributed by atoms with Gasteiger partial charge >= 0.3 is 0 Å². The minimum absolute atomic E-state index is 0.0151. The van der Waals surface area contributed by atoms with Crippen molar-refractivity contribution in [2.75, 3.05) is 20.6 Å². The highest BCUT2D eigenvalue weighted by Crippen LogP contribution is 2.21. The van der Waals surface area contributed by atoms with Gasteiger partial charge in [-0.1, -0.05) is 11.6 Å². The van der Waals surface area contributed by atoms with Gasteiger partial charge in [-0.05, 0) is 6.07 Å². The van der Waals surface area contributed by atoms with Crippen LogP contribution in [-0.2, 0) is 4.79 Å². The molecule has 0 aliphatic heterocycles. The number of nitrogens with zero attached hydrogens (tertiary/aromatic N) is 3. The van der Waals surface area contributed by atoms with Crippen molar-refractivity contribution < 1.29 is 14.5 Å². The number of amides is 2. The summed E-state index contributed by atoms with van der Waals surface area (Å²) in [6.45, 7) is 0.135. The molecule has 2 amide bonds.